The fourth-order valence-electron chi connectivity index (χ4n) is 3.46. The van der Waals surface area contributed by atoms with E-state index in [0.717, 1.165) is 22.2 Å². The quantitative estimate of drug-likeness (QED) is 0.537. The number of rotatable bonds is 4. The Hall–Kier alpha value is -3.74. The summed E-state index contributed by atoms with van der Waals surface area (Å²) in [4.78, 5) is 36.1. The number of aryl methyl sites for hydroxylation is 1. The zero-order chi connectivity index (χ0) is 20.5. The van der Waals surface area contributed by atoms with Crippen LogP contribution in [0.1, 0.15) is 21.6 Å². The summed E-state index contributed by atoms with van der Waals surface area (Å²) in [7, 11) is 3.27. The highest BCUT2D eigenvalue weighted by atomic mass is 16.5. The Balaban J connectivity index is 1.71. The summed E-state index contributed by atoms with van der Waals surface area (Å²) in [5, 5.41) is 0.899. The number of nitrogens with zero attached hydrogens (tertiary/aromatic N) is 4. The fourth-order valence-corrected chi connectivity index (χ4v) is 3.46. The second-order valence-electron chi connectivity index (χ2n) is 6.83. The van der Waals surface area contributed by atoms with E-state index >= 15 is 0 Å². The average Bonchev–Trinajstić information content (AvgIpc) is 2.74. The lowest BCUT2D eigenvalue weighted by atomic mass is 10.1. The number of amides is 1. The summed E-state index contributed by atoms with van der Waals surface area (Å²) in [5.41, 5.74) is 2.55. The molecule has 1 aromatic carbocycles. The summed E-state index contributed by atoms with van der Waals surface area (Å²) >= 11 is 0. The maximum Gasteiger partial charge on any atom is 0.270 e. The van der Waals surface area contributed by atoms with Gasteiger partial charge < -0.3 is 9.64 Å². The lowest BCUT2D eigenvalue weighted by Crippen LogP contribution is -2.33. The van der Waals surface area contributed by atoms with Crippen molar-refractivity contribution in [2.45, 2.75) is 13.5 Å². The average molecular weight is 388 g/mol. The largest absolute Gasteiger partial charge is 0.494 e. The Labute approximate surface area is 167 Å². The SMILES string of the molecule is COc1ccc(CN(C)C(=O)c2cnc3cccc(C)n3c2=O)c2cccnc12. The van der Waals surface area contributed by atoms with Gasteiger partial charge in [-0.2, -0.15) is 0 Å². The van der Waals surface area contributed by atoms with Crippen LogP contribution in [-0.2, 0) is 6.54 Å². The van der Waals surface area contributed by atoms with Gasteiger partial charge in [0.1, 0.15) is 22.5 Å². The van der Waals surface area contributed by atoms with Gasteiger partial charge in [0.05, 0.1) is 7.11 Å². The molecule has 0 N–H and O–H groups in total. The molecule has 0 saturated carbocycles. The summed E-state index contributed by atoms with van der Waals surface area (Å²) in [6, 6.07) is 12.9. The smallest absolute Gasteiger partial charge is 0.270 e. The molecule has 3 aromatic heterocycles. The predicted octanol–water partition coefficient (Wildman–Crippen LogP) is 2.83. The molecule has 7 nitrogen and oxygen atoms in total. The molecule has 3 heterocycles. The molecular weight excluding hydrogens is 368 g/mol. The molecule has 29 heavy (non-hydrogen) atoms. The van der Waals surface area contributed by atoms with Crippen molar-refractivity contribution < 1.29 is 9.53 Å². The van der Waals surface area contributed by atoms with Gasteiger partial charge in [-0.25, -0.2) is 4.98 Å². The number of carbonyl (C=O) groups excluding carboxylic acids is 1. The van der Waals surface area contributed by atoms with Crippen molar-refractivity contribution >= 4 is 22.5 Å². The number of carbonyl (C=O) groups is 1. The van der Waals surface area contributed by atoms with Gasteiger partial charge in [0.15, 0.2) is 0 Å². The number of ether oxygens (including phenoxy) is 1. The molecule has 4 aromatic rings. The molecule has 0 spiro atoms. The van der Waals surface area contributed by atoms with E-state index in [4.69, 9.17) is 4.74 Å². The molecule has 0 fully saturated rings. The number of benzene rings is 1. The first-order valence-corrected chi connectivity index (χ1v) is 9.14. The van der Waals surface area contributed by atoms with E-state index in [1.807, 2.05) is 43.3 Å². The first-order chi connectivity index (χ1) is 14.0. The normalized spacial score (nSPS) is 11.0. The highest BCUT2D eigenvalue weighted by molar-refractivity contribution is 5.94. The van der Waals surface area contributed by atoms with Crippen molar-refractivity contribution in [2.24, 2.45) is 0 Å². The highest BCUT2D eigenvalue weighted by Crippen LogP contribution is 2.27. The van der Waals surface area contributed by atoms with E-state index in [9.17, 15) is 9.59 Å². The zero-order valence-electron chi connectivity index (χ0n) is 16.4. The summed E-state index contributed by atoms with van der Waals surface area (Å²) < 4.78 is 6.83. The van der Waals surface area contributed by atoms with Crippen LogP contribution in [0, 0.1) is 6.92 Å². The topological polar surface area (TPSA) is 76.8 Å². The van der Waals surface area contributed by atoms with Crippen LogP contribution in [0.4, 0.5) is 0 Å². The lowest BCUT2D eigenvalue weighted by molar-refractivity contribution is 0.0783. The first kappa shape index (κ1) is 18.6. The molecule has 7 heteroatoms. The van der Waals surface area contributed by atoms with Gasteiger partial charge in [-0.3, -0.25) is 19.0 Å². The van der Waals surface area contributed by atoms with E-state index in [1.54, 1.807) is 26.4 Å². The van der Waals surface area contributed by atoms with Gasteiger partial charge in [0.25, 0.3) is 11.5 Å². The molecule has 0 unspecified atom stereocenters. The maximum atomic E-state index is 13.0. The van der Waals surface area contributed by atoms with Crippen LogP contribution in [0.25, 0.3) is 16.6 Å². The van der Waals surface area contributed by atoms with E-state index in [1.165, 1.54) is 15.5 Å². The van der Waals surface area contributed by atoms with E-state index < -0.39 is 0 Å². The molecule has 0 aliphatic carbocycles. The summed E-state index contributed by atoms with van der Waals surface area (Å²) in [6.45, 7) is 2.13. The van der Waals surface area contributed by atoms with Gasteiger partial charge in [-0.15, -0.1) is 0 Å². The van der Waals surface area contributed by atoms with Crippen LogP contribution in [-0.4, -0.2) is 39.3 Å². The second-order valence-corrected chi connectivity index (χ2v) is 6.83. The van der Waals surface area contributed by atoms with Crippen molar-refractivity contribution in [3.05, 3.63) is 82.0 Å². The number of aromatic nitrogens is 3. The Kier molecular flexibility index (Phi) is 4.72. The molecule has 0 aliphatic heterocycles. The molecule has 0 atom stereocenters. The minimum atomic E-state index is -0.381. The van der Waals surface area contributed by atoms with Crippen molar-refractivity contribution in [3.63, 3.8) is 0 Å². The highest BCUT2D eigenvalue weighted by Gasteiger charge is 2.19. The van der Waals surface area contributed by atoms with Crippen LogP contribution in [0.15, 0.2) is 59.7 Å². The molecular formula is C22H20N4O3. The molecule has 1 amide bonds. The van der Waals surface area contributed by atoms with Crippen LogP contribution in [0.2, 0.25) is 0 Å². The van der Waals surface area contributed by atoms with Crippen LogP contribution in [0.5, 0.6) is 5.75 Å². The third-order valence-corrected chi connectivity index (χ3v) is 4.95. The predicted molar refractivity (Wildman–Crippen MR) is 110 cm³/mol. The van der Waals surface area contributed by atoms with E-state index in [2.05, 4.69) is 9.97 Å². The molecule has 0 radical (unpaired) electrons. The minimum absolute atomic E-state index is 0.0373. The molecule has 4 rings (SSSR count). The maximum absolute atomic E-state index is 13.0. The van der Waals surface area contributed by atoms with Gasteiger partial charge in [-0.05, 0) is 36.8 Å². The number of hydrogen-bond donors (Lipinski definition) is 0. The first-order valence-electron chi connectivity index (χ1n) is 9.14. The number of methoxy groups -OCH3 is 1. The molecule has 146 valence electrons. The third kappa shape index (κ3) is 3.20. The molecule has 0 saturated heterocycles. The molecule has 0 aliphatic rings. The lowest BCUT2D eigenvalue weighted by Gasteiger charge is -2.19. The van der Waals surface area contributed by atoms with Gasteiger partial charge in [0, 0.05) is 37.1 Å². The van der Waals surface area contributed by atoms with Crippen molar-refractivity contribution in [1.82, 2.24) is 19.3 Å². The van der Waals surface area contributed by atoms with Crippen molar-refractivity contribution in [3.8, 4) is 5.75 Å². The van der Waals surface area contributed by atoms with E-state index in [-0.39, 0.29) is 17.0 Å². The standard InChI is InChI=1S/C22H20N4O3/c1-14-6-4-8-19-24-12-17(22(28)26(14)19)21(27)25(2)13-15-9-10-18(29-3)20-16(15)7-5-11-23-20/h4-12H,13H2,1-3H3. The number of hydrogen-bond acceptors (Lipinski definition) is 5. The van der Waals surface area contributed by atoms with Gasteiger partial charge >= 0.3 is 0 Å². The van der Waals surface area contributed by atoms with Crippen molar-refractivity contribution in [2.75, 3.05) is 14.2 Å². The number of pyridine rings is 2. The van der Waals surface area contributed by atoms with Crippen LogP contribution < -0.4 is 10.3 Å². The Morgan fingerprint density at radius 2 is 1.97 bits per heavy atom. The second kappa shape index (κ2) is 7.35. The Morgan fingerprint density at radius 3 is 2.76 bits per heavy atom. The summed E-state index contributed by atoms with van der Waals surface area (Å²) in [6.07, 6.45) is 3.05. The van der Waals surface area contributed by atoms with E-state index in [0.29, 0.717) is 17.9 Å². The fraction of sp³-hybridized carbons (Fsp3) is 0.182. The number of fused-ring (bicyclic) bond motifs is 2. The Morgan fingerprint density at radius 1 is 1.14 bits per heavy atom. The Bertz CT molecular complexity index is 1300. The van der Waals surface area contributed by atoms with Crippen LogP contribution in [0.3, 0.4) is 0 Å². The minimum Gasteiger partial charge on any atom is -0.494 e. The zero-order valence-corrected chi connectivity index (χ0v) is 16.4. The van der Waals surface area contributed by atoms with Gasteiger partial charge in [0.2, 0.25) is 0 Å². The molecule has 0 bridgehead atoms. The van der Waals surface area contributed by atoms with Crippen LogP contribution >= 0.6 is 0 Å². The van der Waals surface area contributed by atoms with Gasteiger partial charge in [-0.1, -0.05) is 18.2 Å². The third-order valence-electron chi connectivity index (χ3n) is 4.95. The van der Waals surface area contributed by atoms with Crippen molar-refractivity contribution in [1.29, 1.82) is 0 Å². The summed E-state index contributed by atoms with van der Waals surface area (Å²) in [5.74, 6) is 0.291. The monoisotopic (exact) mass is 388 g/mol.